The molecule has 1 fully saturated rings. The normalized spacial score (nSPS) is 18.3. The molecule has 7 nitrogen and oxygen atoms in total. The Morgan fingerprint density at radius 3 is 2.76 bits per heavy atom. The topological polar surface area (TPSA) is 87.7 Å². The summed E-state index contributed by atoms with van der Waals surface area (Å²) in [6.07, 6.45) is 0.374. The van der Waals surface area contributed by atoms with Crippen LogP contribution in [0.2, 0.25) is 0 Å². The average molecular weight is 392 g/mol. The first-order valence-corrected chi connectivity index (χ1v) is 9.49. The zero-order valence-corrected chi connectivity index (χ0v) is 16.4. The van der Waals surface area contributed by atoms with Gasteiger partial charge in [-0.25, -0.2) is 8.42 Å². The monoisotopic (exact) mass is 391 g/mol. The van der Waals surface area contributed by atoms with Gasteiger partial charge in [0.05, 0.1) is 12.0 Å². The molecular formula is C16H26ClN3O4S. The van der Waals surface area contributed by atoms with E-state index in [1.807, 2.05) is 6.92 Å². The average Bonchev–Trinajstić information content (AvgIpc) is 2.59. The number of methoxy groups -OCH3 is 1. The summed E-state index contributed by atoms with van der Waals surface area (Å²) in [5.74, 6) is 0.459. The molecule has 0 bridgehead atoms. The fourth-order valence-electron chi connectivity index (χ4n) is 2.64. The predicted octanol–water partition coefficient (Wildman–Crippen LogP) is 1.13. The van der Waals surface area contributed by atoms with Gasteiger partial charge in [0.2, 0.25) is 15.9 Å². The number of ether oxygens (including phenoxy) is 1. The number of rotatable bonds is 6. The third-order valence-corrected chi connectivity index (χ3v) is 5.88. The summed E-state index contributed by atoms with van der Waals surface area (Å²) in [6, 6.07) is 4.88. The van der Waals surface area contributed by atoms with Crippen molar-refractivity contribution in [3.05, 3.63) is 23.8 Å². The zero-order valence-electron chi connectivity index (χ0n) is 14.7. The lowest BCUT2D eigenvalue weighted by Crippen LogP contribution is -2.51. The van der Waals surface area contributed by atoms with Gasteiger partial charge in [-0.3, -0.25) is 4.79 Å². The lowest BCUT2D eigenvalue weighted by molar-refractivity contribution is -0.120. The van der Waals surface area contributed by atoms with Gasteiger partial charge in [-0.15, -0.1) is 12.4 Å². The molecule has 0 aliphatic carbocycles. The van der Waals surface area contributed by atoms with E-state index < -0.39 is 10.0 Å². The van der Waals surface area contributed by atoms with Crippen molar-refractivity contribution in [2.75, 3.05) is 26.7 Å². The van der Waals surface area contributed by atoms with E-state index in [0.717, 1.165) is 0 Å². The number of hydrogen-bond acceptors (Lipinski definition) is 5. The zero-order chi connectivity index (χ0) is 17.7. The number of halogens is 1. The van der Waals surface area contributed by atoms with Crippen LogP contribution < -0.4 is 15.4 Å². The standard InChI is InChI=1S/C16H25N3O4S.ClH/c1-4-16(20)18-10-13-9-14(5-6-15(13)23-3)24(21,22)19-8-7-17-12(2)11-19;/h5-6,9,12,17H,4,7-8,10-11H2,1-3H3,(H,18,20);1H. The summed E-state index contributed by atoms with van der Waals surface area (Å²) < 4.78 is 32.5. The van der Waals surface area contributed by atoms with Gasteiger partial charge in [0, 0.05) is 44.2 Å². The van der Waals surface area contributed by atoms with Crippen molar-refractivity contribution in [3.63, 3.8) is 0 Å². The van der Waals surface area contributed by atoms with Crippen LogP contribution in [0.1, 0.15) is 25.8 Å². The lowest BCUT2D eigenvalue weighted by atomic mass is 10.2. The number of benzene rings is 1. The molecule has 0 spiro atoms. The molecule has 1 atom stereocenters. The summed E-state index contributed by atoms with van der Waals surface area (Å²) in [5, 5.41) is 5.98. The van der Waals surface area contributed by atoms with Gasteiger partial charge in [-0.2, -0.15) is 4.31 Å². The Hall–Kier alpha value is -1.35. The predicted molar refractivity (Wildman–Crippen MR) is 98.6 cm³/mol. The maximum Gasteiger partial charge on any atom is 0.243 e. The lowest BCUT2D eigenvalue weighted by Gasteiger charge is -2.31. The number of amides is 1. The Morgan fingerprint density at radius 1 is 1.44 bits per heavy atom. The van der Waals surface area contributed by atoms with Crippen LogP contribution in [0.25, 0.3) is 0 Å². The Morgan fingerprint density at radius 2 is 2.16 bits per heavy atom. The van der Waals surface area contributed by atoms with E-state index in [2.05, 4.69) is 10.6 Å². The minimum Gasteiger partial charge on any atom is -0.496 e. The fraction of sp³-hybridized carbons (Fsp3) is 0.562. The second kappa shape index (κ2) is 9.38. The highest BCUT2D eigenvalue weighted by Gasteiger charge is 2.29. The molecule has 25 heavy (non-hydrogen) atoms. The highest BCUT2D eigenvalue weighted by atomic mass is 35.5. The number of carbonyl (C=O) groups excluding carboxylic acids is 1. The number of nitrogens with one attached hydrogen (secondary N) is 2. The SMILES string of the molecule is CCC(=O)NCc1cc(S(=O)(=O)N2CCNC(C)C2)ccc1OC.Cl. The quantitative estimate of drug-likeness (QED) is 0.758. The van der Waals surface area contributed by atoms with Crippen LogP contribution >= 0.6 is 12.4 Å². The number of hydrogen-bond donors (Lipinski definition) is 2. The van der Waals surface area contributed by atoms with E-state index in [9.17, 15) is 13.2 Å². The van der Waals surface area contributed by atoms with Crippen molar-refractivity contribution in [1.29, 1.82) is 0 Å². The maximum atomic E-state index is 12.8. The fourth-order valence-corrected chi connectivity index (χ4v) is 4.22. The first-order chi connectivity index (χ1) is 11.4. The molecule has 2 N–H and O–H groups in total. The Kier molecular flexibility index (Phi) is 8.14. The van der Waals surface area contributed by atoms with Crippen LogP contribution in [-0.4, -0.2) is 51.4 Å². The largest absolute Gasteiger partial charge is 0.496 e. The van der Waals surface area contributed by atoms with Crippen molar-refractivity contribution < 1.29 is 17.9 Å². The minimum absolute atomic E-state index is 0. The van der Waals surface area contributed by atoms with Crippen LogP contribution in [0.4, 0.5) is 0 Å². The van der Waals surface area contributed by atoms with E-state index in [4.69, 9.17) is 4.74 Å². The number of carbonyl (C=O) groups is 1. The molecule has 0 radical (unpaired) electrons. The van der Waals surface area contributed by atoms with Gasteiger partial charge in [-0.1, -0.05) is 6.92 Å². The molecule has 142 valence electrons. The summed E-state index contributed by atoms with van der Waals surface area (Å²) in [5.41, 5.74) is 0.642. The van der Waals surface area contributed by atoms with Gasteiger partial charge >= 0.3 is 0 Å². The Bertz CT molecular complexity index is 697. The molecule has 0 aromatic heterocycles. The number of piperazine rings is 1. The van der Waals surface area contributed by atoms with Crippen LogP contribution in [0.3, 0.4) is 0 Å². The number of nitrogens with zero attached hydrogens (tertiary/aromatic N) is 1. The molecule has 1 aliphatic heterocycles. The van der Waals surface area contributed by atoms with Crippen LogP contribution in [-0.2, 0) is 21.4 Å². The second-order valence-electron chi connectivity index (χ2n) is 5.82. The molecule has 9 heteroatoms. The molecule has 1 aromatic carbocycles. The minimum atomic E-state index is -3.56. The highest BCUT2D eigenvalue weighted by molar-refractivity contribution is 7.89. The van der Waals surface area contributed by atoms with Gasteiger partial charge in [0.25, 0.3) is 0 Å². The molecule has 0 saturated carbocycles. The smallest absolute Gasteiger partial charge is 0.243 e. The molecule has 2 rings (SSSR count). The van der Waals surface area contributed by atoms with E-state index in [1.165, 1.54) is 11.4 Å². The van der Waals surface area contributed by atoms with Crippen LogP contribution in [0.5, 0.6) is 5.75 Å². The van der Waals surface area contributed by atoms with Crippen molar-refractivity contribution in [2.45, 2.75) is 37.8 Å². The molecule has 1 aliphatic rings. The number of sulfonamides is 1. The maximum absolute atomic E-state index is 12.8. The van der Waals surface area contributed by atoms with Crippen molar-refractivity contribution in [2.24, 2.45) is 0 Å². The van der Waals surface area contributed by atoms with Gasteiger partial charge in [0.15, 0.2) is 0 Å². The second-order valence-corrected chi connectivity index (χ2v) is 7.76. The van der Waals surface area contributed by atoms with Gasteiger partial charge in [-0.05, 0) is 25.1 Å². The van der Waals surface area contributed by atoms with Gasteiger partial charge in [0.1, 0.15) is 5.75 Å². The third-order valence-electron chi connectivity index (χ3n) is 4.02. The van der Waals surface area contributed by atoms with E-state index in [-0.39, 0.29) is 35.8 Å². The van der Waals surface area contributed by atoms with Gasteiger partial charge < -0.3 is 15.4 Å². The summed E-state index contributed by atoms with van der Waals surface area (Å²) in [7, 11) is -2.04. The Labute approximate surface area is 155 Å². The van der Waals surface area contributed by atoms with Crippen molar-refractivity contribution >= 4 is 28.3 Å². The highest BCUT2D eigenvalue weighted by Crippen LogP contribution is 2.25. The molecule has 1 saturated heterocycles. The molecular weight excluding hydrogens is 366 g/mol. The first kappa shape index (κ1) is 21.7. The van der Waals surface area contributed by atoms with Crippen molar-refractivity contribution in [3.8, 4) is 5.75 Å². The first-order valence-electron chi connectivity index (χ1n) is 8.05. The van der Waals surface area contributed by atoms with Crippen LogP contribution in [0, 0.1) is 0 Å². The Balaban J connectivity index is 0.00000312. The molecule has 1 amide bonds. The van der Waals surface area contributed by atoms with E-state index >= 15 is 0 Å². The molecule has 1 aromatic rings. The molecule has 1 heterocycles. The van der Waals surface area contributed by atoms with E-state index in [0.29, 0.717) is 37.4 Å². The summed E-state index contributed by atoms with van der Waals surface area (Å²) in [6.45, 7) is 5.48. The third kappa shape index (κ3) is 5.31. The molecule has 1 unspecified atom stereocenters. The summed E-state index contributed by atoms with van der Waals surface area (Å²) in [4.78, 5) is 11.7. The van der Waals surface area contributed by atoms with Crippen molar-refractivity contribution in [1.82, 2.24) is 14.9 Å². The van der Waals surface area contributed by atoms with E-state index in [1.54, 1.807) is 25.1 Å². The summed E-state index contributed by atoms with van der Waals surface area (Å²) >= 11 is 0. The van der Waals surface area contributed by atoms with Crippen LogP contribution in [0.15, 0.2) is 23.1 Å².